The Bertz CT molecular complexity index is 621. The van der Waals surface area contributed by atoms with E-state index in [4.69, 9.17) is 0 Å². The third-order valence-electron chi connectivity index (χ3n) is 3.21. The summed E-state index contributed by atoms with van der Waals surface area (Å²) in [6, 6.07) is 25.7. The van der Waals surface area contributed by atoms with Crippen molar-refractivity contribution in [2.45, 2.75) is 0 Å². The Labute approximate surface area is 122 Å². The number of aromatic hydroxyl groups is 1. The predicted octanol–water partition coefficient (Wildman–Crippen LogP) is 4.78. The Morgan fingerprint density at radius 2 is 0.900 bits per heavy atom. The first kappa shape index (κ1) is 14.3. The van der Waals surface area contributed by atoms with Crippen molar-refractivity contribution in [1.82, 2.24) is 0 Å². The van der Waals surface area contributed by atoms with E-state index in [1.54, 1.807) is 0 Å². The average molecular weight is 280 g/mol. The molecule has 3 aromatic carbocycles. The van der Waals surface area contributed by atoms with Crippen LogP contribution in [0.5, 0.6) is 5.75 Å². The highest BCUT2D eigenvalue weighted by Crippen LogP contribution is 2.37. The predicted molar refractivity (Wildman–Crippen MR) is 90.1 cm³/mol. The van der Waals surface area contributed by atoms with Crippen LogP contribution in [0.1, 0.15) is 0 Å². The SMILES string of the molecule is Oc1c(-c2ccccc2)cccc1-c1ccccc1.P. The fourth-order valence-corrected chi connectivity index (χ4v) is 2.24. The number of rotatable bonds is 2. The van der Waals surface area contributed by atoms with Gasteiger partial charge in [0.2, 0.25) is 0 Å². The van der Waals surface area contributed by atoms with E-state index in [2.05, 4.69) is 0 Å². The van der Waals surface area contributed by atoms with E-state index in [1.165, 1.54) is 0 Å². The largest absolute Gasteiger partial charge is 0.507 e. The fraction of sp³-hybridized carbons (Fsp3) is 0. The lowest BCUT2D eigenvalue weighted by Gasteiger charge is -2.10. The van der Waals surface area contributed by atoms with Crippen LogP contribution in [0.4, 0.5) is 0 Å². The molecule has 0 aliphatic carbocycles. The molecule has 3 aromatic rings. The van der Waals surface area contributed by atoms with Crippen molar-refractivity contribution < 1.29 is 5.11 Å². The van der Waals surface area contributed by atoms with Crippen LogP contribution in [0.15, 0.2) is 78.9 Å². The summed E-state index contributed by atoms with van der Waals surface area (Å²) < 4.78 is 0. The van der Waals surface area contributed by atoms with Crippen molar-refractivity contribution in [3.63, 3.8) is 0 Å². The maximum absolute atomic E-state index is 10.5. The maximum atomic E-state index is 10.5. The van der Waals surface area contributed by atoms with Crippen molar-refractivity contribution in [3.05, 3.63) is 78.9 Å². The highest BCUT2D eigenvalue weighted by molar-refractivity contribution is 6.92. The monoisotopic (exact) mass is 280 g/mol. The Morgan fingerprint density at radius 1 is 0.500 bits per heavy atom. The molecule has 1 unspecified atom stereocenters. The van der Waals surface area contributed by atoms with E-state index in [-0.39, 0.29) is 9.90 Å². The zero-order valence-electron chi connectivity index (χ0n) is 11.2. The van der Waals surface area contributed by atoms with Crippen molar-refractivity contribution in [3.8, 4) is 28.0 Å². The molecule has 100 valence electrons. The minimum Gasteiger partial charge on any atom is -0.507 e. The molecule has 20 heavy (non-hydrogen) atoms. The van der Waals surface area contributed by atoms with Crippen molar-refractivity contribution >= 4 is 9.90 Å². The van der Waals surface area contributed by atoms with Gasteiger partial charge in [0.1, 0.15) is 5.75 Å². The molecule has 0 saturated carbocycles. The van der Waals surface area contributed by atoms with E-state index >= 15 is 0 Å². The summed E-state index contributed by atoms with van der Waals surface area (Å²) in [5.41, 5.74) is 3.78. The van der Waals surface area contributed by atoms with Crippen LogP contribution < -0.4 is 0 Å². The van der Waals surface area contributed by atoms with Crippen LogP contribution >= 0.6 is 9.90 Å². The van der Waals surface area contributed by atoms with Crippen LogP contribution in [-0.2, 0) is 0 Å². The highest BCUT2D eigenvalue weighted by Gasteiger charge is 2.09. The van der Waals surface area contributed by atoms with E-state index in [9.17, 15) is 5.11 Å². The number of phenolic OH excluding ortho intramolecular Hbond substituents is 1. The lowest BCUT2D eigenvalue weighted by molar-refractivity contribution is 0.479. The number of hydrogen-bond donors (Lipinski definition) is 1. The van der Waals surface area contributed by atoms with Crippen LogP contribution in [-0.4, -0.2) is 5.11 Å². The summed E-state index contributed by atoms with van der Waals surface area (Å²) in [5, 5.41) is 10.5. The smallest absolute Gasteiger partial charge is 0.131 e. The summed E-state index contributed by atoms with van der Waals surface area (Å²) in [7, 11) is 0. The fourth-order valence-electron chi connectivity index (χ4n) is 2.24. The molecule has 1 N–H and O–H groups in total. The van der Waals surface area contributed by atoms with Crippen molar-refractivity contribution in [2.24, 2.45) is 0 Å². The van der Waals surface area contributed by atoms with Crippen LogP contribution in [0.25, 0.3) is 22.3 Å². The zero-order chi connectivity index (χ0) is 13.1. The van der Waals surface area contributed by atoms with E-state index < -0.39 is 0 Å². The molecule has 2 heteroatoms. The minimum absolute atomic E-state index is 0. The molecule has 1 atom stereocenters. The van der Waals surface area contributed by atoms with Gasteiger partial charge in [0.15, 0.2) is 0 Å². The molecule has 0 aliphatic rings. The van der Waals surface area contributed by atoms with Crippen LogP contribution in [0, 0.1) is 0 Å². The molecule has 0 aromatic heterocycles. The standard InChI is InChI=1S/C18H14O.H3P/c19-18-16(14-8-3-1-4-9-14)12-7-13-17(18)15-10-5-2-6-11-15;/h1-13,19H;1H3. The molecule has 3 rings (SSSR count). The van der Waals surface area contributed by atoms with Gasteiger partial charge in [-0.3, -0.25) is 0 Å². The second-order valence-corrected chi connectivity index (χ2v) is 4.43. The molecule has 0 saturated heterocycles. The third kappa shape index (κ3) is 2.74. The molecule has 0 heterocycles. The second kappa shape index (κ2) is 6.36. The summed E-state index contributed by atoms with van der Waals surface area (Å²) in [6.45, 7) is 0. The van der Waals surface area contributed by atoms with Crippen LogP contribution in [0.2, 0.25) is 0 Å². The second-order valence-electron chi connectivity index (χ2n) is 4.43. The number of phenols is 1. The molecular formula is C18H17OP. The Hall–Kier alpha value is -2.11. The van der Waals surface area contributed by atoms with Gasteiger partial charge >= 0.3 is 0 Å². The van der Waals surface area contributed by atoms with Gasteiger partial charge in [-0.25, -0.2) is 0 Å². The van der Waals surface area contributed by atoms with Gasteiger partial charge in [-0.05, 0) is 11.1 Å². The Balaban J connectivity index is 0.00000147. The minimum atomic E-state index is 0. The van der Waals surface area contributed by atoms with E-state index in [0.717, 1.165) is 22.3 Å². The Morgan fingerprint density at radius 3 is 1.30 bits per heavy atom. The normalized spacial score (nSPS) is 9.80. The number of hydrogen-bond acceptors (Lipinski definition) is 1. The summed E-state index contributed by atoms with van der Waals surface area (Å²) in [4.78, 5) is 0. The maximum Gasteiger partial charge on any atom is 0.131 e. The third-order valence-corrected chi connectivity index (χ3v) is 3.21. The number of para-hydroxylation sites is 1. The van der Waals surface area contributed by atoms with Crippen molar-refractivity contribution in [2.75, 3.05) is 0 Å². The molecule has 0 aliphatic heterocycles. The van der Waals surface area contributed by atoms with Gasteiger partial charge in [0.25, 0.3) is 0 Å². The van der Waals surface area contributed by atoms with Gasteiger partial charge in [-0.2, -0.15) is 9.90 Å². The van der Waals surface area contributed by atoms with Crippen molar-refractivity contribution in [1.29, 1.82) is 0 Å². The summed E-state index contributed by atoms with van der Waals surface area (Å²) in [6.07, 6.45) is 0. The first-order valence-electron chi connectivity index (χ1n) is 6.29. The molecule has 0 fully saturated rings. The summed E-state index contributed by atoms with van der Waals surface area (Å²) in [5.74, 6) is 0.333. The Kier molecular flexibility index (Phi) is 4.55. The number of benzene rings is 3. The lowest BCUT2D eigenvalue weighted by Crippen LogP contribution is -1.83. The van der Waals surface area contributed by atoms with Gasteiger partial charge in [-0.1, -0.05) is 78.9 Å². The zero-order valence-corrected chi connectivity index (χ0v) is 12.6. The highest BCUT2D eigenvalue weighted by atomic mass is 31.0. The molecule has 0 spiro atoms. The first-order chi connectivity index (χ1) is 9.36. The van der Waals surface area contributed by atoms with Gasteiger partial charge in [0, 0.05) is 11.1 Å². The molecule has 0 bridgehead atoms. The van der Waals surface area contributed by atoms with Gasteiger partial charge in [0.05, 0.1) is 0 Å². The topological polar surface area (TPSA) is 20.2 Å². The quantitative estimate of drug-likeness (QED) is 0.669. The average Bonchev–Trinajstić information content (AvgIpc) is 2.49. The van der Waals surface area contributed by atoms with E-state index in [0.29, 0.717) is 5.75 Å². The van der Waals surface area contributed by atoms with Gasteiger partial charge in [-0.15, -0.1) is 0 Å². The van der Waals surface area contributed by atoms with Gasteiger partial charge < -0.3 is 5.11 Å². The lowest BCUT2D eigenvalue weighted by atomic mass is 9.97. The summed E-state index contributed by atoms with van der Waals surface area (Å²) >= 11 is 0. The first-order valence-corrected chi connectivity index (χ1v) is 6.29. The van der Waals surface area contributed by atoms with E-state index in [1.807, 2.05) is 78.9 Å². The molecule has 1 nitrogen and oxygen atoms in total. The molecular weight excluding hydrogens is 263 g/mol. The van der Waals surface area contributed by atoms with Crippen LogP contribution in [0.3, 0.4) is 0 Å². The molecule has 0 amide bonds. The molecule has 0 radical (unpaired) electrons.